The van der Waals surface area contributed by atoms with Crippen LogP contribution in [0.2, 0.25) is 0 Å². The minimum atomic E-state index is -3.77. The van der Waals surface area contributed by atoms with Crippen LogP contribution < -0.4 is 4.72 Å². The highest BCUT2D eigenvalue weighted by atomic mass is 32.2. The van der Waals surface area contributed by atoms with Gasteiger partial charge in [-0.3, -0.25) is 9.40 Å². The Morgan fingerprint density at radius 3 is 2.64 bits per heavy atom. The Labute approximate surface area is 149 Å². The summed E-state index contributed by atoms with van der Waals surface area (Å²) in [5, 5.41) is 8.07. The van der Waals surface area contributed by atoms with Crippen molar-refractivity contribution in [2.45, 2.75) is 4.90 Å². The van der Waals surface area contributed by atoms with E-state index in [1.807, 2.05) is 53.9 Å². The predicted molar refractivity (Wildman–Crippen MR) is 101 cm³/mol. The van der Waals surface area contributed by atoms with Gasteiger partial charge in [-0.2, -0.15) is 5.10 Å². The molecule has 0 atom stereocenters. The SMILES string of the molecule is Cn1cc(S(=O)(=O)Nc2cccc3ccccc23)c(-c2cccs2)n1. The molecule has 0 aliphatic rings. The zero-order valence-electron chi connectivity index (χ0n) is 13.4. The third kappa shape index (κ3) is 2.92. The van der Waals surface area contributed by atoms with Gasteiger partial charge >= 0.3 is 0 Å². The van der Waals surface area contributed by atoms with Crippen molar-refractivity contribution in [3.8, 4) is 10.6 Å². The number of nitrogens with zero attached hydrogens (tertiary/aromatic N) is 2. The van der Waals surface area contributed by atoms with E-state index in [1.54, 1.807) is 13.1 Å². The molecule has 0 spiro atoms. The predicted octanol–water partition coefficient (Wildman–Crippen LogP) is 4.10. The number of nitrogens with one attached hydrogen (secondary N) is 1. The molecule has 0 aliphatic heterocycles. The van der Waals surface area contributed by atoms with Crippen LogP contribution in [0.25, 0.3) is 21.3 Å². The van der Waals surface area contributed by atoms with Crippen LogP contribution in [0.3, 0.4) is 0 Å². The summed E-state index contributed by atoms with van der Waals surface area (Å²) in [6, 6.07) is 17.0. The first-order valence-electron chi connectivity index (χ1n) is 7.63. The zero-order valence-corrected chi connectivity index (χ0v) is 15.0. The van der Waals surface area contributed by atoms with Gasteiger partial charge in [0.05, 0.1) is 10.6 Å². The van der Waals surface area contributed by atoms with Gasteiger partial charge in [-0.05, 0) is 22.9 Å². The highest BCUT2D eigenvalue weighted by Crippen LogP contribution is 2.32. The van der Waals surface area contributed by atoms with Crippen LogP contribution >= 0.6 is 11.3 Å². The third-order valence-electron chi connectivity index (χ3n) is 3.87. The van der Waals surface area contributed by atoms with Gasteiger partial charge in [-0.25, -0.2) is 8.42 Å². The molecule has 0 amide bonds. The lowest BCUT2D eigenvalue weighted by Crippen LogP contribution is -2.13. The second-order valence-electron chi connectivity index (χ2n) is 5.63. The average molecular weight is 369 g/mol. The largest absolute Gasteiger partial charge is 0.279 e. The van der Waals surface area contributed by atoms with E-state index in [9.17, 15) is 8.42 Å². The number of fused-ring (bicyclic) bond motifs is 1. The number of benzene rings is 2. The van der Waals surface area contributed by atoms with Gasteiger partial charge in [-0.15, -0.1) is 11.3 Å². The van der Waals surface area contributed by atoms with Crippen molar-refractivity contribution < 1.29 is 8.42 Å². The molecule has 0 saturated carbocycles. The van der Waals surface area contributed by atoms with Crippen LogP contribution in [0.1, 0.15) is 0 Å². The fraction of sp³-hybridized carbons (Fsp3) is 0.0556. The lowest BCUT2D eigenvalue weighted by Gasteiger charge is -2.10. The summed E-state index contributed by atoms with van der Waals surface area (Å²) in [4.78, 5) is 0.990. The van der Waals surface area contributed by atoms with E-state index in [0.717, 1.165) is 15.6 Å². The molecule has 2 aromatic heterocycles. The first-order valence-corrected chi connectivity index (χ1v) is 9.99. The maximum atomic E-state index is 13.0. The van der Waals surface area contributed by atoms with E-state index in [2.05, 4.69) is 9.82 Å². The molecule has 2 aromatic carbocycles. The van der Waals surface area contributed by atoms with Crippen LogP contribution in [0.5, 0.6) is 0 Å². The molecule has 0 bridgehead atoms. The second kappa shape index (κ2) is 6.02. The molecular formula is C18H15N3O2S2. The van der Waals surface area contributed by atoms with Gasteiger partial charge < -0.3 is 0 Å². The van der Waals surface area contributed by atoms with Crippen LogP contribution in [-0.4, -0.2) is 18.2 Å². The Morgan fingerprint density at radius 1 is 1.04 bits per heavy atom. The van der Waals surface area contributed by atoms with E-state index in [1.165, 1.54) is 22.2 Å². The lowest BCUT2D eigenvalue weighted by atomic mass is 10.1. The first kappa shape index (κ1) is 15.9. The Hall–Kier alpha value is -2.64. The Morgan fingerprint density at radius 2 is 1.84 bits per heavy atom. The van der Waals surface area contributed by atoms with E-state index >= 15 is 0 Å². The number of sulfonamides is 1. The van der Waals surface area contributed by atoms with E-state index in [-0.39, 0.29) is 4.90 Å². The fourth-order valence-corrected chi connectivity index (χ4v) is 4.82. The van der Waals surface area contributed by atoms with Gasteiger partial charge in [0.25, 0.3) is 10.0 Å². The molecule has 7 heteroatoms. The highest BCUT2D eigenvalue weighted by molar-refractivity contribution is 7.92. The minimum Gasteiger partial charge on any atom is -0.279 e. The number of hydrogen-bond acceptors (Lipinski definition) is 4. The number of aromatic nitrogens is 2. The average Bonchev–Trinajstić information content (AvgIpc) is 3.24. The summed E-state index contributed by atoms with van der Waals surface area (Å²) < 4.78 is 30.3. The second-order valence-corrected chi connectivity index (χ2v) is 8.22. The van der Waals surface area contributed by atoms with Crippen LogP contribution in [0.15, 0.2) is 71.1 Å². The first-order chi connectivity index (χ1) is 12.0. The van der Waals surface area contributed by atoms with Gasteiger partial charge in [0.1, 0.15) is 10.6 Å². The maximum absolute atomic E-state index is 13.0. The molecule has 4 aromatic rings. The standard InChI is InChI=1S/C18H15N3O2S2/c1-21-12-17(18(19-21)16-10-5-11-24-16)25(22,23)20-15-9-4-7-13-6-2-3-8-14(13)15/h2-12,20H,1H3. The number of thiophene rings is 1. The molecule has 2 heterocycles. The smallest absolute Gasteiger partial charge is 0.265 e. The fourth-order valence-electron chi connectivity index (χ4n) is 2.76. The van der Waals surface area contributed by atoms with Crippen molar-refractivity contribution in [1.82, 2.24) is 9.78 Å². The van der Waals surface area contributed by atoms with E-state index in [4.69, 9.17) is 0 Å². The van der Waals surface area contributed by atoms with Gasteiger partial charge in [0, 0.05) is 18.6 Å². The highest BCUT2D eigenvalue weighted by Gasteiger charge is 2.24. The number of hydrogen-bond donors (Lipinski definition) is 1. The van der Waals surface area contributed by atoms with Crippen molar-refractivity contribution in [3.05, 3.63) is 66.2 Å². The summed E-state index contributed by atoms with van der Waals surface area (Å²) in [5.41, 5.74) is 1.02. The Kier molecular flexibility index (Phi) is 3.82. The molecule has 0 fully saturated rings. The van der Waals surface area contributed by atoms with Crippen molar-refractivity contribution in [2.24, 2.45) is 7.05 Å². The summed E-state index contributed by atoms with van der Waals surface area (Å²) in [7, 11) is -2.05. The monoisotopic (exact) mass is 369 g/mol. The topological polar surface area (TPSA) is 64.0 Å². The quantitative estimate of drug-likeness (QED) is 0.589. The Bertz CT molecular complexity index is 1140. The molecule has 0 saturated heterocycles. The summed E-state index contributed by atoms with van der Waals surface area (Å²) >= 11 is 1.46. The molecular weight excluding hydrogens is 354 g/mol. The number of rotatable bonds is 4. The summed E-state index contributed by atoms with van der Waals surface area (Å²) in [5.74, 6) is 0. The summed E-state index contributed by atoms with van der Waals surface area (Å²) in [6.45, 7) is 0. The van der Waals surface area contributed by atoms with Crippen molar-refractivity contribution in [2.75, 3.05) is 4.72 Å². The molecule has 25 heavy (non-hydrogen) atoms. The maximum Gasteiger partial charge on any atom is 0.265 e. The third-order valence-corrected chi connectivity index (χ3v) is 6.12. The molecule has 0 unspecified atom stereocenters. The number of aryl methyl sites for hydroxylation is 1. The molecule has 4 rings (SSSR count). The van der Waals surface area contributed by atoms with Gasteiger partial charge in [0.15, 0.2) is 0 Å². The molecule has 126 valence electrons. The lowest BCUT2D eigenvalue weighted by molar-refractivity contribution is 0.601. The van der Waals surface area contributed by atoms with Crippen molar-refractivity contribution in [1.29, 1.82) is 0 Å². The molecule has 1 N–H and O–H groups in total. The number of anilines is 1. The van der Waals surface area contributed by atoms with Crippen LogP contribution in [0, 0.1) is 0 Å². The zero-order chi connectivity index (χ0) is 17.4. The van der Waals surface area contributed by atoms with Gasteiger partial charge in [0.2, 0.25) is 0 Å². The van der Waals surface area contributed by atoms with Crippen LogP contribution in [0.4, 0.5) is 5.69 Å². The van der Waals surface area contributed by atoms with Crippen LogP contribution in [-0.2, 0) is 17.1 Å². The normalized spacial score (nSPS) is 11.7. The van der Waals surface area contributed by atoms with E-state index < -0.39 is 10.0 Å². The Balaban J connectivity index is 1.81. The molecule has 0 radical (unpaired) electrons. The van der Waals surface area contributed by atoms with Crippen molar-refractivity contribution >= 4 is 37.8 Å². The molecule has 0 aliphatic carbocycles. The minimum absolute atomic E-state index is 0.172. The van der Waals surface area contributed by atoms with Gasteiger partial charge in [-0.1, -0.05) is 42.5 Å². The van der Waals surface area contributed by atoms with E-state index in [0.29, 0.717) is 11.4 Å². The summed E-state index contributed by atoms with van der Waals surface area (Å²) in [6.07, 6.45) is 1.53. The van der Waals surface area contributed by atoms with Crippen molar-refractivity contribution in [3.63, 3.8) is 0 Å². The molecule has 5 nitrogen and oxygen atoms in total.